The fourth-order valence-corrected chi connectivity index (χ4v) is 2.15. The Morgan fingerprint density at radius 2 is 1.38 bits per heavy atom. The van der Waals surface area contributed by atoms with E-state index in [-0.39, 0.29) is 50.2 Å². The van der Waals surface area contributed by atoms with Crippen LogP contribution in [0.2, 0.25) is 0 Å². The minimum atomic E-state index is -1.24. The number of carbonyl (C=O) groups excluding carboxylic acids is 2. The second kappa shape index (κ2) is 21.5. The van der Waals surface area contributed by atoms with Crippen LogP contribution in [0.4, 0.5) is 4.39 Å². The third-order valence-electron chi connectivity index (χ3n) is 4.61. The summed E-state index contributed by atoms with van der Waals surface area (Å²) < 4.78 is 40.2. The molecular formula is C22H43FN2O7. The van der Waals surface area contributed by atoms with Gasteiger partial charge in [0.2, 0.25) is 11.8 Å². The van der Waals surface area contributed by atoms with E-state index in [4.69, 9.17) is 23.7 Å². The van der Waals surface area contributed by atoms with Crippen molar-refractivity contribution in [2.24, 2.45) is 5.92 Å². The van der Waals surface area contributed by atoms with Crippen LogP contribution in [-0.4, -0.2) is 96.6 Å². The summed E-state index contributed by atoms with van der Waals surface area (Å²) in [7, 11) is 0. The summed E-state index contributed by atoms with van der Waals surface area (Å²) in [6, 6.07) is 0. The van der Waals surface area contributed by atoms with E-state index in [2.05, 4.69) is 10.6 Å². The van der Waals surface area contributed by atoms with E-state index in [9.17, 15) is 14.0 Å². The molecule has 0 bridgehead atoms. The standard InChI is InChI=1S/C22H43FN2O7/c1-5-18(3)22(27)25-15-20(23)16-31-14-13-30-12-11-29-10-9-28-8-7-24-21(26)17-32-19(4)6-2/h18-20H,5-17H2,1-4H3,(H,24,26)(H,25,27). The molecule has 190 valence electrons. The topological polar surface area (TPSA) is 104 Å². The fourth-order valence-electron chi connectivity index (χ4n) is 2.15. The van der Waals surface area contributed by atoms with Crippen molar-refractivity contribution in [1.29, 1.82) is 0 Å². The van der Waals surface area contributed by atoms with Crippen LogP contribution in [-0.2, 0) is 33.3 Å². The maximum Gasteiger partial charge on any atom is 0.246 e. The van der Waals surface area contributed by atoms with Crippen molar-refractivity contribution < 1.29 is 37.7 Å². The smallest absolute Gasteiger partial charge is 0.246 e. The summed E-state index contributed by atoms with van der Waals surface area (Å²) in [6.07, 6.45) is 0.433. The number of amides is 2. The molecule has 0 aromatic rings. The zero-order chi connectivity index (χ0) is 24.0. The van der Waals surface area contributed by atoms with E-state index in [1.165, 1.54) is 0 Å². The van der Waals surface area contributed by atoms with Crippen molar-refractivity contribution in [2.75, 3.05) is 72.6 Å². The van der Waals surface area contributed by atoms with Gasteiger partial charge in [0.1, 0.15) is 12.8 Å². The van der Waals surface area contributed by atoms with Gasteiger partial charge in [0.15, 0.2) is 0 Å². The summed E-state index contributed by atoms with van der Waals surface area (Å²) in [6.45, 7) is 10.7. The Morgan fingerprint density at radius 3 is 1.94 bits per heavy atom. The highest BCUT2D eigenvalue weighted by atomic mass is 19.1. The maximum atomic E-state index is 13.6. The van der Waals surface area contributed by atoms with Gasteiger partial charge in [-0.15, -0.1) is 0 Å². The predicted octanol–water partition coefficient (Wildman–Crippen LogP) is 1.48. The highest BCUT2D eigenvalue weighted by Crippen LogP contribution is 2.00. The van der Waals surface area contributed by atoms with E-state index in [0.29, 0.717) is 46.2 Å². The fraction of sp³-hybridized carbons (Fsp3) is 0.909. The number of nitrogens with one attached hydrogen (secondary N) is 2. The van der Waals surface area contributed by atoms with Gasteiger partial charge in [0, 0.05) is 12.5 Å². The van der Waals surface area contributed by atoms with Crippen LogP contribution in [0.1, 0.15) is 40.5 Å². The van der Waals surface area contributed by atoms with Gasteiger partial charge in [0.05, 0.1) is 65.5 Å². The molecule has 0 fully saturated rings. The molecule has 0 rings (SSSR count). The molecule has 2 amide bonds. The lowest BCUT2D eigenvalue weighted by atomic mass is 10.1. The minimum absolute atomic E-state index is 0.0427. The lowest BCUT2D eigenvalue weighted by Gasteiger charge is -2.13. The monoisotopic (exact) mass is 466 g/mol. The number of hydrogen-bond donors (Lipinski definition) is 2. The molecule has 0 saturated carbocycles. The number of carbonyl (C=O) groups is 2. The first kappa shape index (κ1) is 30.7. The van der Waals surface area contributed by atoms with Crippen LogP contribution in [0.5, 0.6) is 0 Å². The Kier molecular flexibility index (Phi) is 20.6. The van der Waals surface area contributed by atoms with E-state index in [0.717, 1.165) is 12.8 Å². The minimum Gasteiger partial charge on any atom is -0.377 e. The molecule has 0 aliphatic rings. The summed E-state index contributed by atoms with van der Waals surface area (Å²) >= 11 is 0. The molecule has 0 aliphatic heterocycles. The second-order valence-electron chi connectivity index (χ2n) is 7.44. The van der Waals surface area contributed by atoms with Crippen molar-refractivity contribution in [1.82, 2.24) is 10.6 Å². The number of alkyl halides is 1. The number of ether oxygens (including phenoxy) is 5. The van der Waals surface area contributed by atoms with Crippen molar-refractivity contribution in [3.05, 3.63) is 0 Å². The van der Waals surface area contributed by atoms with Crippen LogP contribution in [0.15, 0.2) is 0 Å². The van der Waals surface area contributed by atoms with E-state index in [1.54, 1.807) is 0 Å². The zero-order valence-corrected chi connectivity index (χ0v) is 20.2. The van der Waals surface area contributed by atoms with Gasteiger partial charge in [-0.05, 0) is 19.8 Å². The van der Waals surface area contributed by atoms with Crippen molar-refractivity contribution in [3.63, 3.8) is 0 Å². The number of rotatable bonds is 22. The molecule has 2 N–H and O–H groups in total. The van der Waals surface area contributed by atoms with Crippen molar-refractivity contribution in [3.8, 4) is 0 Å². The first-order valence-electron chi connectivity index (χ1n) is 11.5. The summed E-state index contributed by atoms with van der Waals surface area (Å²) in [5.41, 5.74) is 0. The summed E-state index contributed by atoms with van der Waals surface area (Å²) in [5.74, 6) is -0.405. The molecule has 0 aromatic carbocycles. The SMILES string of the molecule is CCC(C)OCC(=O)NCCOCCOCCOCCOCC(F)CNC(=O)C(C)CC. The van der Waals surface area contributed by atoms with Gasteiger partial charge < -0.3 is 34.3 Å². The highest BCUT2D eigenvalue weighted by molar-refractivity contribution is 5.78. The molecule has 10 heteroatoms. The van der Waals surface area contributed by atoms with Crippen LogP contribution in [0.3, 0.4) is 0 Å². The number of halogens is 1. The Bertz CT molecular complexity index is 472. The molecule has 3 atom stereocenters. The van der Waals surface area contributed by atoms with E-state index in [1.807, 2.05) is 27.7 Å². The average molecular weight is 467 g/mol. The third kappa shape index (κ3) is 19.4. The zero-order valence-electron chi connectivity index (χ0n) is 20.2. The van der Waals surface area contributed by atoms with Gasteiger partial charge in [-0.2, -0.15) is 0 Å². The second-order valence-corrected chi connectivity index (χ2v) is 7.44. The van der Waals surface area contributed by atoms with Crippen molar-refractivity contribution >= 4 is 11.8 Å². The largest absolute Gasteiger partial charge is 0.377 e. The molecule has 3 unspecified atom stereocenters. The molecule has 32 heavy (non-hydrogen) atoms. The molecular weight excluding hydrogens is 423 g/mol. The van der Waals surface area contributed by atoms with Crippen LogP contribution < -0.4 is 10.6 Å². The lowest BCUT2D eigenvalue weighted by Crippen LogP contribution is -2.35. The highest BCUT2D eigenvalue weighted by Gasteiger charge is 2.13. The molecule has 0 aliphatic carbocycles. The van der Waals surface area contributed by atoms with Crippen LogP contribution >= 0.6 is 0 Å². The molecule has 0 saturated heterocycles. The maximum absolute atomic E-state index is 13.6. The Morgan fingerprint density at radius 1 is 0.812 bits per heavy atom. The summed E-state index contributed by atoms with van der Waals surface area (Å²) in [4.78, 5) is 23.1. The molecule has 0 spiro atoms. The Labute approximate surface area is 192 Å². The van der Waals surface area contributed by atoms with Gasteiger partial charge in [-0.25, -0.2) is 4.39 Å². The van der Waals surface area contributed by atoms with Crippen LogP contribution in [0, 0.1) is 5.92 Å². The van der Waals surface area contributed by atoms with Gasteiger partial charge in [0.25, 0.3) is 0 Å². The average Bonchev–Trinajstić information content (AvgIpc) is 2.80. The first-order valence-corrected chi connectivity index (χ1v) is 11.5. The molecule has 0 radical (unpaired) electrons. The van der Waals surface area contributed by atoms with Gasteiger partial charge in [-0.1, -0.05) is 20.8 Å². The predicted molar refractivity (Wildman–Crippen MR) is 119 cm³/mol. The Hall–Kier alpha value is -1.33. The number of hydrogen-bond acceptors (Lipinski definition) is 7. The normalized spacial score (nSPS) is 14.0. The van der Waals surface area contributed by atoms with E-state index < -0.39 is 6.17 Å². The molecule has 0 heterocycles. The van der Waals surface area contributed by atoms with Crippen LogP contribution in [0.25, 0.3) is 0 Å². The lowest BCUT2D eigenvalue weighted by molar-refractivity contribution is -0.127. The first-order chi connectivity index (χ1) is 15.4. The van der Waals surface area contributed by atoms with E-state index >= 15 is 0 Å². The summed E-state index contributed by atoms with van der Waals surface area (Å²) in [5, 5.41) is 5.29. The third-order valence-corrected chi connectivity index (χ3v) is 4.61. The van der Waals surface area contributed by atoms with Gasteiger partial charge in [-0.3, -0.25) is 9.59 Å². The Balaban J connectivity index is 3.31. The quantitative estimate of drug-likeness (QED) is 0.233. The van der Waals surface area contributed by atoms with Crippen molar-refractivity contribution in [2.45, 2.75) is 52.8 Å². The molecule has 0 aromatic heterocycles. The van der Waals surface area contributed by atoms with Gasteiger partial charge >= 0.3 is 0 Å². The molecule has 9 nitrogen and oxygen atoms in total.